The van der Waals surface area contributed by atoms with Crippen LogP contribution in [-0.4, -0.2) is 26.3 Å². The zero-order valence-electron chi connectivity index (χ0n) is 10.4. The Morgan fingerprint density at radius 2 is 2.28 bits per heavy atom. The molecule has 4 nitrogen and oxygen atoms in total. The van der Waals surface area contributed by atoms with Gasteiger partial charge in [0.1, 0.15) is 21.1 Å². The molecule has 2 aromatic rings. The number of nitrogens with zero attached hydrogens (tertiary/aromatic N) is 2. The van der Waals surface area contributed by atoms with E-state index in [1.807, 2.05) is 6.92 Å². The molecule has 0 bridgehead atoms. The van der Waals surface area contributed by atoms with Crippen molar-refractivity contribution in [2.45, 2.75) is 37.5 Å². The monoisotopic (exact) mass is 282 g/mol. The van der Waals surface area contributed by atoms with E-state index in [1.54, 1.807) is 11.8 Å². The average Bonchev–Trinajstić information content (AvgIpc) is 2.68. The van der Waals surface area contributed by atoms with Gasteiger partial charge in [-0.3, -0.25) is 0 Å². The number of aromatic nitrogens is 2. The van der Waals surface area contributed by atoms with Gasteiger partial charge in [0.15, 0.2) is 0 Å². The Bertz CT molecular complexity index is 595. The molecule has 2 aromatic heterocycles. The van der Waals surface area contributed by atoms with E-state index >= 15 is 0 Å². The predicted octanol–water partition coefficient (Wildman–Crippen LogP) is 3.59. The first-order valence-electron chi connectivity index (χ1n) is 5.68. The molecular weight excluding hydrogens is 268 g/mol. The van der Waals surface area contributed by atoms with Crippen LogP contribution in [0.4, 0.5) is 0 Å². The summed E-state index contributed by atoms with van der Waals surface area (Å²) in [5.74, 6) is -0.894. The van der Waals surface area contributed by atoms with Crippen molar-refractivity contribution in [3.63, 3.8) is 0 Å². The van der Waals surface area contributed by atoms with Crippen molar-refractivity contribution in [3.8, 4) is 0 Å². The van der Waals surface area contributed by atoms with Gasteiger partial charge in [-0.15, -0.1) is 23.1 Å². The van der Waals surface area contributed by atoms with E-state index in [0.29, 0.717) is 10.1 Å². The van der Waals surface area contributed by atoms with Gasteiger partial charge in [0.2, 0.25) is 0 Å². The van der Waals surface area contributed by atoms with Crippen molar-refractivity contribution < 1.29 is 9.90 Å². The smallest absolute Gasteiger partial charge is 0.346 e. The summed E-state index contributed by atoms with van der Waals surface area (Å²) in [6.45, 7) is 6.09. The van der Waals surface area contributed by atoms with E-state index in [4.69, 9.17) is 5.11 Å². The fourth-order valence-corrected chi connectivity index (χ4v) is 3.68. The number of thioether (sulfide) groups is 1. The maximum Gasteiger partial charge on any atom is 0.346 e. The highest BCUT2D eigenvalue weighted by Crippen LogP contribution is 2.36. The summed E-state index contributed by atoms with van der Waals surface area (Å²) in [6, 6.07) is 0. The molecule has 0 aliphatic rings. The Labute approximate surface area is 113 Å². The lowest BCUT2D eigenvalue weighted by atomic mass is 10.2. The molecule has 18 heavy (non-hydrogen) atoms. The molecule has 0 aliphatic heterocycles. The minimum absolute atomic E-state index is 0.358. The molecule has 1 atom stereocenters. The van der Waals surface area contributed by atoms with Gasteiger partial charge in [0.25, 0.3) is 0 Å². The number of hydrogen-bond donors (Lipinski definition) is 1. The molecular formula is C12H14N2O2S2. The first-order chi connectivity index (χ1) is 8.54. The molecule has 96 valence electrons. The van der Waals surface area contributed by atoms with Crippen molar-refractivity contribution in [2.75, 3.05) is 0 Å². The fourth-order valence-electron chi connectivity index (χ4n) is 1.61. The lowest BCUT2D eigenvalue weighted by Crippen LogP contribution is -1.96. The summed E-state index contributed by atoms with van der Waals surface area (Å²) in [5.41, 5.74) is 0.772. The summed E-state index contributed by atoms with van der Waals surface area (Å²) in [4.78, 5) is 20.7. The first kappa shape index (κ1) is 13.3. The van der Waals surface area contributed by atoms with Gasteiger partial charge in [-0.05, 0) is 18.9 Å². The second-order valence-electron chi connectivity index (χ2n) is 4.06. The van der Waals surface area contributed by atoms with Gasteiger partial charge >= 0.3 is 5.97 Å². The van der Waals surface area contributed by atoms with Gasteiger partial charge in [-0.25, -0.2) is 14.8 Å². The zero-order chi connectivity index (χ0) is 13.3. The van der Waals surface area contributed by atoms with E-state index in [9.17, 15) is 4.79 Å². The molecule has 0 saturated heterocycles. The molecule has 0 aliphatic carbocycles. The number of aryl methyl sites for hydroxylation is 1. The van der Waals surface area contributed by atoms with E-state index < -0.39 is 5.97 Å². The van der Waals surface area contributed by atoms with E-state index in [-0.39, 0.29) is 0 Å². The quantitative estimate of drug-likeness (QED) is 0.686. The van der Waals surface area contributed by atoms with Crippen LogP contribution in [0.15, 0.2) is 11.4 Å². The number of carboxylic acids is 1. The van der Waals surface area contributed by atoms with E-state index in [0.717, 1.165) is 27.2 Å². The third-order valence-corrected chi connectivity index (χ3v) is 5.23. The molecule has 0 spiro atoms. The fraction of sp³-hybridized carbons (Fsp3) is 0.417. The SMILES string of the molecule is CCC(C)Sc1ncnc2sc(C(=O)O)c(C)c12. The second-order valence-corrected chi connectivity index (χ2v) is 6.48. The highest BCUT2D eigenvalue weighted by molar-refractivity contribution is 8.00. The minimum atomic E-state index is -0.894. The average molecular weight is 282 g/mol. The van der Waals surface area contributed by atoms with Gasteiger partial charge in [-0.2, -0.15) is 0 Å². The Balaban J connectivity index is 2.57. The van der Waals surface area contributed by atoms with Crippen LogP contribution in [0.2, 0.25) is 0 Å². The molecule has 1 unspecified atom stereocenters. The summed E-state index contributed by atoms with van der Waals surface area (Å²) < 4.78 is 0. The number of carbonyl (C=O) groups is 1. The van der Waals surface area contributed by atoms with Gasteiger partial charge in [0, 0.05) is 10.6 Å². The van der Waals surface area contributed by atoms with Gasteiger partial charge < -0.3 is 5.11 Å². The molecule has 0 saturated carbocycles. The third kappa shape index (κ3) is 2.35. The molecule has 0 aromatic carbocycles. The van der Waals surface area contributed by atoms with E-state index in [1.165, 1.54) is 17.7 Å². The molecule has 1 N–H and O–H groups in total. The summed E-state index contributed by atoms with van der Waals surface area (Å²) in [5, 5.41) is 11.4. The van der Waals surface area contributed by atoms with Crippen LogP contribution in [0.1, 0.15) is 35.5 Å². The topological polar surface area (TPSA) is 63.1 Å². The minimum Gasteiger partial charge on any atom is -0.477 e. The number of aromatic carboxylic acids is 1. The summed E-state index contributed by atoms with van der Waals surface area (Å²) >= 11 is 2.89. The van der Waals surface area contributed by atoms with Crippen LogP contribution >= 0.6 is 23.1 Å². The Morgan fingerprint density at radius 1 is 1.56 bits per heavy atom. The molecule has 6 heteroatoms. The lowest BCUT2D eigenvalue weighted by molar-refractivity contribution is 0.0701. The van der Waals surface area contributed by atoms with Crippen molar-refractivity contribution in [2.24, 2.45) is 0 Å². The van der Waals surface area contributed by atoms with Crippen LogP contribution in [0, 0.1) is 6.92 Å². The molecule has 0 fully saturated rings. The predicted molar refractivity (Wildman–Crippen MR) is 74.7 cm³/mol. The normalized spacial score (nSPS) is 12.8. The maximum atomic E-state index is 11.1. The number of hydrogen-bond acceptors (Lipinski definition) is 5. The maximum absolute atomic E-state index is 11.1. The lowest BCUT2D eigenvalue weighted by Gasteiger charge is -2.08. The van der Waals surface area contributed by atoms with Gasteiger partial charge in [-0.1, -0.05) is 13.8 Å². The highest BCUT2D eigenvalue weighted by atomic mass is 32.2. The molecule has 2 rings (SSSR count). The number of rotatable bonds is 4. The van der Waals surface area contributed by atoms with Crippen molar-refractivity contribution >= 4 is 39.3 Å². The Morgan fingerprint density at radius 3 is 2.89 bits per heavy atom. The number of thiophene rings is 1. The molecule has 2 heterocycles. The van der Waals surface area contributed by atoms with Crippen LogP contribution < -0.4 is 0 Å². The number of carboxylic acid groups (broad SMARTS) is 1. The summed E-state index contributed by atoms with van der Waals surface area (Å²) in [7, 11) is 0. The highest BCUT2D eigenvalue weighted by Gasteiger charge is 2.19. The standard InChI is InChI=1S/C12H14N2O2S2/c1-4-6(2)17-10-8-7(3)9(12(15)16)18-11(8)14-5-13-10/h5-6H,4H2,1-3H3,(H,15,16). The largest absolute Gasteiger partial charge is 0.477 e. The van der Waals surface area contributed by atoms with Crippen LogP contribution in [-0.2, 0) is 0 Å². The van der Waals surface area contributed by atoms with Crippen LogP contribution in [0.3, 0.4) is 0 Å². The zero-order valence-corrected chi connectivity index (χ0v) is 12.1. The van der Waals surface area contributed by atoms with Crippen molar-refractivity contribution in [1.82, 2.24) is 9.97 Å². The molecule has 0 amide bonds. The Kier molecular flexibility index (Phi) is 3.87. The van der Waals surface area contributed by atoms with Crippen molar-refractivity contribution in [1.29, 1.82) is 0 Å². The van der Waals surface area contributed by atoms with Gasteiger partial charge in [0.05, 0.1) is 0 Å². The third-order valence-electron chi connectivity index (χ3n) is 2.77. The van der Waals surface area contributed by atoms with Crippen LogP contribution in [0.5, 0.6) is 0 Å². The Hall–Kier alpha value is -1.14. The van der Waals surface area contributed by atoms with E-state index in [2.05, 4.69) is 23.8 Å². The number of fused-ring (bicyclic) bond motifs is 1. The second kappa shape index (κ2) is 5.24. The molecule has 0 radical (unpaired) electrons. The first-order valence-corrected chi connectivity index (χ1v) is 7.38. The summed E-state index contributed by atoms with van der Waals surface area (Å²) in [6.07, 6.45) is 2.56. The van der Waals surface area contributed by atoms with Crippen molar-refractivity contribution in [3.05, 3.63) is 16.8 Å². The van der Waals surface area contributed by atoms with Crippen LogP contribution in [0.25, 0.3) is 10.2 Å².